The Bertz CT molecular complexity index is 1090. The van der Waals surface area contributed by atoms with Crippen LogP contribution in [0.5, 0.6) is 0 Å². The molecule has 3 amide bonds. The van der Waals surface area contributed by atoms with Gasteiger partial charge in [0.25, 0.3) is 0 Å². The molecule has 3 aromatic rings. The van der Waals surface area contributed by atoms with E-state index in [0.717, 1.165) is 17.6 Å². The first-order valence-corrected chi connectivity index (χ1v) is 11.4. The summed E-state index contributed by atoms with van der Waals surface area (Å²) in [6.45, 7) is 9.75. The largest absolute Gasteiger partial charge is 0.341 e. The molecule has 164 valence electrons. The summed E-state index contributed by atoms with van der Waals surface area (Å²) in [6.07, 6.45) is 1.41. The van der Waals surface area contributed by atoms with Crippen LogP contribution in [0.15, 0.2) is 42.5 Å². The van der Waals surface area contributed by atoms with E-state index < -0.39 is 0 Å². The van der Waals surface area contributed by atoms with E-state index in [9.17, 15) is 9.59 Å². The van der Waals surface area contributed by atoms with E-state index in [1.54, 1.807) is 0 Å². The molecule has 6 nitrogen and oxygen atoms in total. The lowest BCUT2D eigenvalue weighted by Crippen LogP contribution is -2.47. The Hall–Kier alpha value is -3.02. The number of amides is 3. The zero-order valence-corrected chi connectivity index (χ0v) is 18.7. The second-order valence-electron chi connectivity index (χ2n) is 8.20. The number of urea groups is 1. The number of likely N-dealkylation sites (tertiary alicyclic amines) is 1. The Morgan fingerprint density at radius 1 is 0.968 bits per heavy atom. The number of carbonyl (C=O) groups excluding carboxylic acids is 2. The molecule has 1 saturated heterocycles. The lowest BCUT2D eigenvalue weighted by Gasteiger charge is -2.34. The SMILES string of the molecule is CCN(CC)C(=O)N1CCC(C(=O)Nc2ccc3c(c2)c2ccccc2n3CC)CC1. The molecule has 1 fully saturated rings. The summed E-state index contributed by atoms with van der Waals surface area (Å²) in [5.41, 5.74) is 3.23. The third kappa shape index (κ3) is 3.99. The maximum Gasteiger partial charge on any atom is 0.319 e. The van der Waals surface area contributed by atoms with Crippen molar-refractivity contribution in [3.63, 3.8) is 0 Å². The summed E-state index contributed by atoms with van der Waals surface area (Å²) in [6, 6.07) is 14.7. The molecule has 31 heavy (non-hydrogen) atoms. The van der Waals surface area contributed by atoms with Crippen molar-refractivity contribution in [2.45, 2.75) is 40.2 Å². The van der Waals surface area contributed by atoms with Crippen LogP contribution >= 0.6 is 0 Å². The molecule has 4 rings (SSSR count). The van der Waals surface area contributed by atoms with Crippen LogP contribution in [0.25, 0.3) is 21.8 Å². The Balaban J connectivity index is 1.46. The Morgan fingerprint density at radius 3 is 2.32 bits per heavy atom. The second-order valence-corrected chi connectivity index (χ2v) is 8.20. The number of hydrogen-bond donors (Lipinski definition) is 1. The maximum atomic E-state index is 12.9. The van der Waals surface area contributed by atoms with Crippen LogP contribution in [0.3, 0.4) is 0 Å². The summed E-state index contributed by atoms with van der Waals surface area (Å²) in [5.74, 6) is -0.0121. The highest BCUT2D eigenvalue weighted by Gasteiger charge is 2.29. The minimum atomic E-state index is -0.0616. The van der Waals surface area contributed by atoms with E-state index in [0.29, 0.717) is 39.0 Å². The molecule has 1 aliphatic heterocycles. The van der Waals surface area contributed by atoms with Gasteiger partial charge in [0.05, 0.1) is 0 Å². The Labute approximate surface area is 183 Å². The molecular weight excluding hydrogens is 388 g/mol. The fraction of sp³-hybridized carbons (Fsp3) is 0.440. The van der Waals surface area contributed by atoms with Crippen LogP contribution in [0.1, 0.15) is 33.6 Å². The maximum absolute atomic E-state index is 12.9. The van der Waals surface area contributed by atoms with Crippen molar-refractivity contribution in [2.24, 2.45) is 5.92 Å². The molecule has 1 N–H and O–H groups in total. The minimum Gasteiger partial charge on any atom is -0.341 e. The average molecular weight is 421 g/mol. The van der Waals surface area contributed by atoms with Gasteiger partial charge >= 0.3 is 6.03 Å². The highest BCUT2D eigenvalue weighted by atomic mass is 16.2. The number of aromatic nitrogens is 1. The third-order valence-electron chi connectivity index (χ3n) is 6.53. The summed E-state index contributed by atoms with van der Waals surface area (Å²) in [4.78, 5) is 29.2. The first-order valence-electron chi connectivity index (χ1n) is 11.4. The first-order chi connectivity index (χ1) is 15.1. The number of nitrogens with one attached hydrogen (secondary N) is 1. The lowest BCUT2D eigenvalue weighted by atomic mass is 9.96. The highest BCUT2D eigenvalue weighted by Crippen LogP contribution is 2.31. The summed E-state index contributed by atoms with van der Waals surface area (Å²) in [7, 11) is 0. The highest BCUT2D eigenvalue weighted by molar-refractivity contribution is 6.09. The van der Waals surface area contributed by atoms with Crippen molar-refractivity contribution in [3.05, 3.63) is 42.5 Å². The standard InChI is InChI=1S/C25H32N4O2/c1-4-27(5-2)25(31)28-15-13-18(14-16-28)24(30)26-19-11-12-23-21(17-19)20-9-7-8-10-22(20)29(23)6-3/h7-12,17-18H,4-6,13-16H2,1-3H3,(H,26,30). The van der Waals surface area contributed by atoms with Gasteiger partial charge in [0.1, 0.15) is 0 Å². The van der Waals surface area contributed by atoms with Crippen LogP contribution in [0.2, 0.25) is 0 Å². The minimum absolute atomic E-state index is 0.0496. The van der Waals surface area contributed by atoms with Crippen molar-refractivity contribution in [1.29, 1.82) is 0 Å². The number of fused-ring (bicyclic) bond motifs is 3. The van der Waals surface area contributed by atoms with Gasteiger partial charge in [0, 0.05) is 66.1 Å². The number of para-hydroxylation sites is 1. The van der Waals surface area contributed by atoms with Gasteiger partial charge in [-0.05, 0) is 57.9 Å². The Kier molecular flexibility index (Phi) is 6.16. The fourth-order valence-electron chi connectivity index (χ4n) is 4.74. The number of benzene rings is 2. The smallest absolute Gasteiger partial charge is 0.319 e. The fourth-order valence-corrected chi connectivity index (χ4v) is 4.74. The molecule has 0 unspecified atom stereocenters. The number of anilines is 1. The topological polar surface area (TPSA) is 57.6 Å². The quantitative estimate of drug-likeness (QED) is 0.636. The van der Waals surface area contributed by atoms with Crippen molar-refractivity contribution in [2.75, 3.05) is 31.5 Å². The molecule has 0 atom stereocenters. The monoisotopic (exact) mass is 420 g/mol. The van der Waals surface area contributed by atoms with Crippen LogP contribution in [-0.2, 0) is 11.3 Å². The van der Waals surface area contributed by atoms with Gasteiger partial charge in [-0.15, -0.1) is 0 Å². The number of carbonyl (C=O) groups is 2. The second kappa shape index (κ2) is 9.00. The van der Waals surface area contributed by atoms with E-state index in [1.807, 2.05) is 29.7 Å². The van der Waals surface area contributed by atoms with Gasteiger partial charge in [-0.1, -0.05) is 18.2 Å². The van der Waals surface area contributed by atoms with Gasteiger partial charge in [0.15, 0.2) is 0 Å². The zero-order valence-electron chi connectivity index (χ0n) is 18.7. The van der Waals surface area contributed by atoms with Crippen LogP contribution in [-0.4, -0.2) is 52.5 Å². The van der Waals surface area contributed by atoms with E-state index in [1.165, 1.54) is 16.4 Å². The molecule has 6 heteroatoms. The normalized spacial score (nSPS) is 14.9. The van der Waals surface area contributed by atoms with Crippen molar-refractivity contribution >= 4 is 39.4 Å². The number of piperidine rings is 1. The third-order valence-corrected chi connectivity index (χ3v) is 6.53. The summed E-state index contributed by atoms with van der Waals surface area (Å²) < 4.78 is 2.30. The van der Waals surface area contributed by atoms with Gasteiger partial charge < -0.3 is 19.7 Å². The molecule has 0 saturated carbocycles. The van der Waals surface area contributed by atoms with Crippen LogP contribution in [0, 0.1) is 5.92 Å². The van der Waals surface area contributed by atoms with Gasteiger partial charge in [0.2, 0.25) is 5.91 Å². The van der Waals surface area contributed by atoms with Crippen LogP contribution < -0.4 is 5.32 Å². The van der Waals surface area contributed by atoms with Crippen LogP contribution in [0.4, 0.5) is 10.5 Å². The van der Waals surface area contributed by atoms with E-state index >= 15 is 0 Å². The summed E-state index contributed by atoms with van der Waals surface area (Å²) in [5, 5.41) is 5.49. The van der Waals surface area contributed by atoms with Gasteiger partial charge in [-0.2, -0.15) is 0 Å². The molecule has 1 aliphatic rings. The van der Waals surface area contributed by atoms with Crippen molar-refractivity contribution < 1.29 is 9.59 Å². The predicted molar refractivity (Wildman–Crippen MR) is 126 cm³/mol. The van der Waals surface area contributed by atoms with Gasteiger partial charge in [-0.25, -0.2) is 4.79 Å². The number of nitrogens with zero attached hydrogens (tertiary/aromatic N) is 3. The predicted octanol–water partition coefficient (Wildman–Crippen LogP) is 4.93. The average Bonchev–Trinajstić information content (AvgIpc) is 3.13. The molecule has 0 aliphatic carbocycles. The molecule has 0 bridgehead atoms. The van der Waals surface area contributed by atoms with Gasteiger partial charge in [-0.3, -0.25) is 4.79 Å². The number of rotatable bonds is 5. The molecular formula is C25H32N4O2. The first kappa shape index (κ1) is 21.2. The molecule has 0 radical (unpaired) electrons. The van der Waals surface area contributed by atoms with E-state index in [2.05, 4.69) is 53.2 Å². The summed E-state index contributed by atoms with van der Waals surface area (Å²) >= 11 is 0. The molecule has 2 heterocycles. The Morgan fingerprint density at radius 2 is 1.65 bits per heavy atom. The number of aryl methyl sites for hydroxylation is 1. The van der Waals surface area contributed by atoms with E-state index in [-0.39, 0.29) is 17.9 Å². The van der Waals surface area contributed by atoms with Crippen molar-refractivity contribution in [3.8, 4) is 0 Å². The van der Waals surface area contributed by atoms with E-state index in [4.69, 9.17) is 0 Å². The molecule has 0 spiro atoms. The molecule has 1 aromatic heterocycles. The lowest BCUT2D eigenvalue weighted by molar-refractivity contribution is -0.121. The van der Waals surface area contributed by atoms with Crippen molar-refractivity contribution in [1.82, 2.24) is 14.4 Å². The number of hydrogen-bond acceptors (Lipinski definition) is 2. The molecule has 2 aromatic carbocycles. The zero-order chi connectivity index (χ0) is 22.0.